The van der Waals surface area contributed by atoms with Crippen LogP contribution in [-0.4, -0.2) is 26.7 Å². The number of aromatic nitrogens is 1. The lowest BCUT2D eigenvalue weighted by molar-refractivity contribution is -0.140. The van der Waals surface area contributed by atoms with Gasteiger partial charge in [0.2, 0.25) is 0 Å². The third kappa shape index (κ3) is 3.62. The number of carbonyl (C=O) groups excluding carboxylic acids is 2. The number of hydrogen-bond donors (Lipinski definition) is 1. The molecule has 1 aliphatic rings. The number of ketones is 1. The third-order valence-electron chi connectivity index (χ3n) is 4.99. The zero-order valence-corrected chi connectivity index (χ0v) is 18.1. The van der Waals surface area contributed by atoms with Crippen molar-refractivity contribution < 1.29 is 14.7 Å². The Morgan fingerprint density at radius 1 is 1.13 bits per heavy atom. The van der Waals surface area contributed by atoms with Crippen molar-refractivity contribution >= 4 is 52.0 Å². The molecule has 3 heterocycles. The van der Waals surface area contributed by atoms with Crippen LogP contribution in [0.4, 0.5) is 0 Å². The van der Waals surface area contributed by atoms with Crippen LogP contribution >= 0.6 is 34.5 Å². The van der Waals surface area contributed by atoms with E-state index in [1.165, 1.54) is 28.4 Å². The lowest BCUT2D eigenvalue weighted by Crippen LogP contribution is -2.29. The van der Waals surface area contributed by atoms with Crippen molar-refractivity contribution in [3.05, 3.63) is 91.4 Å². The number of nitrogens with zero attached hydrogens (tertiary/aromatic N) is 2. The topological polar surface area (TPSA) is 70.5 Å². The minimum Gasteiger partial charge on any atom is -0.507 e. The molecule has 1 N–H and O–H groups in total. The zero-order valence-electron chi connectivity index (χ0n) is 15.8. The van der Waals surface area contributed by atoms with E-state index >= 15 is 0 Å². The SMILES string of the molecule is Cc1ccsc1C1/C(=C(/O)c2ccc(Cl)c(Cl)c2)C(=O)C(=O)N1Cc1ccncc1. The Kier molecular flexibility index (Phi) is 5.64. The molecule has 4 rings (SSSR count). The second-order valence-electron chi connectivity index (χ2n) is 6.88. The predicted octanol–water partition coefficient (Wildman–Crippen LogP) is 5.38. The van der Waals surface area contributed by atoms with Crippen LogP contribution in [0.25, 0.3) is 5.76 Å². The van der Waals surface area contributed by atoms with Crippen molar-refractivity contribution in [2.75, 3.05) is 0 Å². The number of hydrogen-bond acceptors (Lipinski definition) is 5. The van der Waals surface area contributed by atoms with Gasteiger partial charge in [-0.3, -0.25) is 14.6 Å². The van der Waals surface area contributed by atoms with Crippen molar-refractivity contribution in [3.63, 3.8) is 0 Å². The highest BCUT2D eigenvalue weighted by atomic mass is 35.5. The van der Waals surface area contributed by atoms with Crippen molar-refractivity contribution in [1.82, 2.24) is 9.88 Å². The smallest absolute Gasteiger partial charge is 0.295 e. The first-order valence-corrected chi connectivity index (χ1v) is 10.7. The van der Waals surface area contributed by atoms with Crippen LogP contribution in [-0.2, 0) is 16.1 Å². The number of likely N-dealkylation sites (tertiary alicyclic amines) is 1. The molecule has 8 heteroatoms. The van der Waals surface area contributed by atoms with Crippen LogP contribution < -0.4 is 0 Å². The maximum Gasteiger partial charge on any atom is 0.295 e. The third-order valence-corrected chi connectivity index (χ3v) is 6.80. The van der Waals surface area contributed by atoms with E-state index < -0.39 is 17.7 Å². The Bertz CT molecular complexity index is 1170. The Balaban J connectivity index is 1.87. The van der Waals surface area contributed by atoms with Gasteiger partial charge < -0.3 is 10.0 Å². The van der Waals surface area contributed by atoms with Crippen molar-refractivity contribution in [3.8, 4) is 0 Å². The summed E-state index contributed by atoms with van der Waals surface area (Å²) in [5.74, 6) is -1.67. The van der Waals surface area contributed by atoms with E-state index in [0.29, 0.717) is 10.6 Å². The maximum atomic E-state index is 13.0. The number of aliphatic hydroxyl groups excluding tert-OH is 1. The molecule has 1 atom stereocenters. The Morgan fingerprint density at radius 2 is 1.87 bits per heavy atom. The molecule has 0 radical (unpaired) electrons. The Hall–Kier alpha value is -2.67. The molecule has 5 nitrogen and oxygen atoms in total. The van der Waals surface area contributed by atoms with E-state index in [1.807, 2.05) is 18.4 Å². The van der Waals surface area contributed by atoms with Gasteiger partial charge in [-0.25, -0.2) is 0 Å². The summed E-state index contributed by atoms with van der Waals surface area (Å²) in [6.07, 6.45) is 3.26. The quantitative estimate of drug-likeness (QED) is 0.323. The molecular weight excluding hydrogens is 443 g/mol. The minimum absolute atomic E-state index is 0.0398. The number of rotatable bonds is 4. The molecule has 152 valence electrons. The Morgan fingerprint density at radius 3 is 2.50 bits per heavy atom. The summed E-state index contributed by atoms with van der Waals surface area (Å²) < 4.78 is 0. The fourth-order valence-corrected chi connectivity index (χ4v) is 4.81. The number of carbonyl (C=O) groups is 2. The van der Waals surface area contributed by atoms with Crippen LogP contribution in [0.3, 0.4) is 0 Å². The molecule has 30 heavy (non-hydrogen) atoms. The van der Waals surface area contributed by atoms with Crippen molar-refractivity contribution in [2.45, 2.75) is 19.5 Å². The van der Waals surface area contributed by atoms with Crippen molar-refractivity contribution in [1.29, 1.82) is 0 Å². The first kappa shape index (κ1) is 20.6. The fourth-order valence-electron chi connectivity index (χ4n) is 3.46. The minimum atomic E-state index is -0.731. The molecule has 1 fully saturated rings. The number of benzene rings is 1. The summed E-state index contributed by atoms with van der Waals surface area (Å²) in [6, 6.07) is 9.38. The van der Waals surface area contributed by atoms with Gasteiger partial charge >= 0.3 is 0 Å². The molecule has 0 saturated carbocycles. The van der Waals surface area contributed by atoms with Gasteiger partial charge in [-0.15, -0.1) is 11.3 Å². The first-order valence-electron chi connectivity index (χ1n) is 9.05. The highest BCUT2D eigenvalue weighted by molar-refractivity contribution is 7.10. The number of pyridine rings is 1. The molecule has 0 aliphatic carbocycles. The van der Waals surface area contributed by atoms with Gasteiger partial charge in [-0.2, -0.15) is 0 Å². The summed E-state index contributed by atoms with van der Waals surface area (Å²) in [4.78, 5) is 32.3. The van der Waals surface area contributed by atoms with Gasteiger partial charge in [-0.05, 0) is 59.8 Å². The summed E-state index contributed by atoms with van der Waals surface area (Å²) >= 11 is 13.5. The molecule has 1 amide bonds. The summed E-state index contributed by atoms with van der Waals surface area (Å²) in [5, 5.41) is 13.5. The van der Waals surface area contributed by atoms with E-state index in [4.69, 9.17) is 23.2 Å². The first-order chi connectivity index (χ1) is 14.4. The lowest BCUT2D eigenvalue weighted by Gasteiger charge is -2.25. The van der Waals surface area contributed by atoms with Gasteiger partial charge in [0.15, 0.2) is 0 Å². The fraction of sp³-hybridized carbons (Fsp3) is 0.136. The number of Topliss-reactive ketones (excluding diaryl/α,β-unsaturated/α-hetero) is 1. The van der Waals surface area contributed by atoms with Crippen LogP contribution in [0.1, 0.15) is 27.6 Å². The van der Waals surface area contributed by atoms with E-state index in [0.717, 1.165) is 16.0 Å². The monoisotopic (exact) mass is 458 g/mol. The number of aryl methyl sites for hydroxylation is 1. The molecule has 1 saturated heterocycles. The summed E-state index contributed by atoms with van der Waals surface area (Å²) in [6.45, 7) is 2.13. The van der Waals surface area contributed by atoms with Crippen LogP contribution in [0, 0.1) is 6.92 Å². The molecule has 1 aliphatic heterocycles. The molecule has 0 spiro atoms. The van der Waals surface area contributed by atoms with E-state index in [9.17, 15) is 14.7 Å². The number of halogens is 2. The largest absolute Gasteiger partial charge is 0.507 e. The molecule has 1 aromatic carbocycles. The van der Waals surface area contributed by atoms with E-state index in [1.54, 1.807) is 30.6 Å². The average Bonchev–Trinajstić information content (AvgIpc) is 3.26. The molecule has 1 unspecified atom stereocenters. The van der Waals surface area contributed by atoms with Crippen LogP contribution in [0.5, 0.6) is 0 Å². The van der Waals surface area contributed by atoms with Gasteiger partial charge in [0, 0.05) is 29.4 Å². The van der Waals surface area contributed by atoms with Gasteiger partial charge in [0.1, 0.15) is 11.8 Å². The van der Waals surface area contributed by atoms with Gasteiger partial charge in [-0.1, -0.05) is 23.2 Å². The van der Waals surface area contributed by atoms with Crippen molar-refractivity contribution in [2.24, 2.45) is 0 Å². The lowest BCUT2D eigenvalue weighted by atomic mass is 9.98. The highest BCUT2D eigenvalue weighted by Crippen LogP contribution is 2.43. The normalized spacial score (nSPS) is 18.2. The molecular formula is C22H16Cl2N2O3S. The molecule has 3 aromatic rings. The van der Waals surface area contributed by atoms with Gasteiger partial charge in [0.25, 0.3) is 11.7 Å². The standard InChI is InChI=1S/C22H16Cl2N2O3S/c1-12-6-9-30-21(12)18-17(19(27)14-2-3-15(23)16(24)10-14)20(28)22(29)26(18)11-13-4-7-25-8-5-13/h2-10,18,27H,11H2,1H3/b19-17-. The molecule has 0 bridgehead atoms. The maximum absolute atomic E-state index is 13.0. The van der Waals surface area contributed by atoms with E-state index in [-0.39, 0.29) is 22.9 Å². The predicted molar refractivity (Wildman–Crippen MR) is 118 cm³/mol. The second-order valence-corrected chi connectivity index (χ2v) is 8.64. The number of aliphatic hydroxyl groups is 1. The summed E-state index contributed by atoms with van der Waals surface area (Å²) in [7, 11) is 0. The average molecular weight is 459 g/mol. The van der Waals surface area contributed by atoms with Crippen LogP contribution in [0.15, 0.2) is 59.7 Å². The second kappa shape index (κ2) is 8.22. The van der Waals surface area contributed by atoms with Crippen LogP contribution in [0.2, 0.25) is 10.0 Å². The van der Waals surface area contributed by atoms with E-state index in [2.05, 4.69) is 4.98 Å². The summed E-state index contributed by atoms with van der Waals surface area (Å²) in [5.41, 5.74) is 2.14. The molecule has 2 aromatic heterocycles. The Labute approximate surface area is 187 Å². The zero-order chi connectivity index (χ0) is 21.4. The number of thiophene rings is 1. The highest BCUT2D eigenvalue weighted by Gasteiger charge is 2.47. The number of amides is 1. The van der Waals surface area contributed by atoms with Gasteiger partial charge in [0.05, 0.1) is 15.6 Å².